The molecule has 0 aliphatic carbocycles. The van der Waals surface area contributed by atoms with Gasteiger partial charge < -0.3 is 93.8 Å². The van der Waals surface area contributed by atoms with Gasteiger partial charge in [-0.15, -0.1) is 0 Å². The summed E-state index contributed by atoms with van der Waals surface area (Å²) in [5.41, 5.74) is 0. The first-order chi connectivity index (χ1) is 21.6. The summed E-state index contributed by atoms with van der Waals surface area (Å²) in [7, 11) is 0. The van der Waals surface area contributed by atoms with E-state index in [4.69, 9.17) is 37.9 Å². The van der Waals surface area contributed by atoms with Gasteiger partial charge in [0.25, 0.3) is 0 Å². The Morgan fingerprint density at radius 2 is 1.00 bits per heavy atom. The Morgan fingerprint density at radius 1 is 0.553 bits per heavy atom. The molecular formula is C27H45NaO19. The van der Waals surface area contributed by atoms with E-state index in [1.54, 1.807) is 0 Å². The van der Waals surface area contributed by atoms with Crippen LogP contribution in [0.25, 0.3) is 0 Å². The fourth-order valence-corrected chi connectivity index (χ4v) is 5.67. The second-order valence-electron chi connectivity index (χ2n) is 12.0. The standard InChI is InChI=1S/C27H46O19.Na/c1-5-6-39-24-18(36)19(11(29)8(3)40-24)43-27-22(46-26-17(35)14(32)15(33)21(45-26)23(37)38)20(12(30)9(4)42-27)44-25-16(34)13(31)10(28)7(2)41-25;/h7-22,24-36H,5-6H2,1-4H3,(H,37,38);/q;+1/p-1/t7-,8-,9-,10+,11+,12+,13+,14+,15+,16-,17-,18-,19+,20+,21+,22-,24+,25-,26-,27-;/m1./s1. The Labute approximate surface area is 292 Å². The molecule has 9 N–H and O–H groups in total. The van der Waals surface area contributed by atoms with E-state index in [2.05, 4.69) is 0 Å². The minimum Gasteiger partial charge on any atom is -0.547 e. The number of ether oxygens (including phenoxy) is 8. The molecule has 0 aromatic heterocycles. The molecule has 20 atom stereocenters. The predicted molar refractivity (Wildman–Crippen MR) is 142 cm³/mol. The zero-order chi connectivity index (χ0) is 34.2. The SMILES string of the molecule is CCCO[C@H]1O[C@H](C)[C@H](O)[C@H](O[C@H]2O[C@H](C)[C@H](O)[C@H](O[C@H]3O[C@H](C)[C@H](O)[C@H](O)[C@H]3O)[C@H]2O[C@H]2O[C@H](C(=O)[O-])[C@@H](O)[C@H](O)[C@H]2O)[C@H]1O.[Na+]. The molecule has 0 radical (unpaired) electrons. The number of aliphatic carboxylic acids is 1. The van der Waals surface area contributed by atoms with Crippen molar-refractivity contribution in [2.24, 2.45) is 0 Å². The van der Waals surface area contributed by atoms with E-state index in [9.17, 15) is 55.9 Å². The van der Waals surface area contributed by atoms with Crippen molar-refractivity contribution in [3.63, 3.8) is 0 Å². The van der Waals surface area contributed by atoms with Crippen molar-refractivity contribution >= 4 is 5.97 Å². The Kier molecular flexibility index (Phi) is 15.2. The van der Waals surface area contributed by atoms with Gasteiger partial charge in [-0.3, -0.25) is 0 Å². The van der Waals surface area contributed by atoms with Gasteiger partial charge in [0.15, 0.2) is 25.2 Å². The van der Waals surface area contributed by atoms with Crippen LogP contribution in [0.4, 0.5) is 0 Å². The number of carbonyl (C=O) groups is 1. The average Bonchev–Trinajstić information content (AvgIpc) is 3.01. The number of hydrogen-bond donors (Lipinski definition) is 9. The van der Waals surface area contributed by atoms with E-state index in [0.29, 0.717) is 6.42 Å². The van der Waals surface area contributed by atoms with Crippen molar-refractivity contribution in [1.29, 1.82) is 0 Å². The van der Waals surface area contributed by atoms with E-state index >= 15 is 0 Å². The maximum absolute atomic E-state index is 11.6. The van der Waals surface area contributed by atoms with Crippen molar-refractivity contribution in [1.82, 2.24) is 0 Å². The Balaban J connectivity index is 0.00000600. The smallest absolute Gasteiger partial charge is 0.547 e. The molecule has 4 fully saturated rings. The van der Waals surface area contributed by atoms with Crippen molar-refractivity contribution < 1.29 is 123 Å². The Hall–Kier alpha value is -0.210. The summed E-state index contributed by atoms with van der Waals surface area (Å²) < 4.78 is 45.3. The van der Waals surface area contributed by atoms with Crippen molar-refractivity contribution in [2.45, 2.75) is 157 Å². The van der Waals surface area contributed by atoms with E-state index < -0.39 is 129 Å². The first kappa shape index (κ1) is 41.2. The molecule has 0 bridgehead atoms. The van der Waals surface area contributed by atoms with Gasteiger partial charge in [0.05, 0.1) is 24.3 Å². The number of carboxylic acid groups (broad SMARTS) is 1. The van der Waals surface area contributed by atoms with Gasteiger partial charge in [-0.05, 0) is 27.2 Å². The molecular weight excluding hydrogens is 651 g/mol. The van der Waals surface area contributed by atoms with Crippen molar-refractivity contribution in [3.05, 3.63) is 0 Å². The van der Waals surface area contributed by atoms with Crippen LogP contribution in [0.5, 0.6) is 0 Å². The fourth-order valence-electron chi connectivity index (χ4n) is 5.67. The second-order valence-corrected chi connectivity index (χ2v) is 12.0. The molecule has 0 saturated carbocycles. The van der Waals surface area contributed by atoms with Crippen molar-refractivity contribution in [3.8, 4) is 0 Å². The molecule has 47 heavy (non-hydrogen) atoms. The van der Waals surface area contributed by atoms with Crippen LogP contribution in [0.2, 0.25) is 0 Å². The van der Waals surface area contributed by atoms with Gasteiger partial charge >= 0.3 is 29.6 Å². The van der Waals surface area contributed by atoms with Crippen LogP contribution < -0.4 is 34.7 Å². The molecule has 0 spiro atoms. The number of carbonyl (C=O) groups excluding carboxylic acids is 1. The summed E-state index contributed by atoms with van der Waals surface area (Å²) in [6.45, 7) is 6.27. The Morgan fingerprint density at radius 3 is 1.57 bits per heavy atom. The van der Waals surface area contributed by atoms with Gasteiger partial charge in [0, 0.05) is 6.61 Å². The largest absolute Gasteiger partial charge is 1.00 e. The second kappa shape index (κ2) is 17.3. The summed E-state index contributed by atoms with van der Waals surface area (Å²) in [5.74, 6) is -1.96. The van der Waals surface area contributed by atoms with Crippen LogP contribution in [0.3, 0.4) is 0 Å². The van der Waals surface area contributed by atoms with Crippen LogP contribution in [-0.4, -0.2) is 181 Å². The molecule has 4 aliphatic heterocycles. The summed E-state index contributed by atoms with van der Waals surface area (Å²) in [6, 6.07) is 0. The van der Waals surface area contributed by atoms with Crippen molar-refractivity contribution in [2.75, 3.05) is 6.61 Å². The third kappa shape index (κ3) is 8.82. The van der Waals surface area contributed by atoms with Gasteiger partial charge in [0.1, 0.15) is 79.4 Å². The monoisotopic (exact) mass is 696 g/mol. The molecule has 19 nitrogen and oxygen atoms in total. The van der Waals surface area contributed by atoms with Gasteiger partial charge in [-0.2, -0.15) is 0 Å². The van der Waals surface area contributed by atoms with E-state index in [1.165, 1.54) is 20.8 Å². The normalized spacial score (nSPS) is 50.8. The number of aliphatic hydroxyl groups is 9. The van der Waals surface area contributed by atoms with Crippen LogP contribution >= 0.6 is 0 Å². The third-order valence-corrected chi connectivity index (χ3v) is 8.51. The molecule has 0 unspecified atom stereocenters. The maximum Gasteiger partial charge on any atom is 1.00 e. The number of rotatable bonds is 10. The number of aliphatic hydroxyl groups excluding tert-OH is 9. The number of hydrogen-bond acceptors (Lipinski definition) is 19. The van der Waals surface area contributed by atoms with E-state index in [0.717, 1.165) is 0 Å². The fraction of sp³-hybridized carbons (Fsp3) is 0.963. The first-order valence-corrected chi connectivity index (χ1v) is 15.1. The minimum atomic E-state index is -2.19. The molecule has 4 rings (SSSR count). The molecule has 0 aromatic carbocycles. The molecule has 20 heteroatoms. The predicted octanol–water partition coefficient (Wildman–Crippen LogP) is -9.47. The molecule has 0 aromatic rings. The van der Waals surface area contributed by atoms with E-state index in [-0.39, 0.29) is 36.2 Å². The van der Waals surface area contributed by atoms with Gasteiger partial charge in [0.2, 0.25) is 0 Å². The summed E-state index contributed by atoms with van der Waals surface area (Å²) in [4.78, 5) is 11.6. The zero-order valence-electron chi connectivity index (χ0n) is 26.6. The summed E-state index contributed by atoms with van der Waals surface area (Å²) in [6.07, 6.45) is -32.7. The number of carboxylic acids is 1. The zero-order valence-corrected chi connectivity index (χ0v) is 28.6. The molecule has 4 aliphatic rings. The maximum atomic E-state index is 11.6. The van der Waals surface area contributed by atoms with Crippen LogP contribution in [-0.2, 0) is 42.7 Å². The van der Waals surface area contributed by atoms with Gasteiger partial charge in [-0.25, -0.2) is 0 Å². The van der Waals surface area contributed by atoms with Crippen LogP contribution in [0.1, 0.15) is 34.1 Å². The van der Waals surface area contributed by atoms with Crippen LogP contribution in [0, 0.1) is 0 Å². The molecule has 4 heterocycles. The topological polar surface area (TPSA) is 296 Å². The molecule has 4 saturated heterocycles. The third-order valence-electron chi connectivity index (χ3n) is 8.51. The minimum absolute atomic E-state index is 0. The van der Waals surface area contributed by atoms with E-state index in [1.807, 2.05) is 6.92 Å². The average molecular weight is 697 g/mol. The molecule has 268 valence electrons. The van der Waals surface area contributed by atoms with Crippen LogP contribution in [0.15, 0.2) is 0 Å². The first-order valence-electron chi connectivity index (χ1n) is 15.1. The Bertz CT molecular complexity index is 998. The quantitative estimate of drug-likeness (QED) is 0.0958. The van der Waals surface area contributed by atoms with Gasteiger partial charge in [-0.1, -0.05) is 6.92 Å². The molecule has 0 amide bonds. The summed E-state index contributed by atoms with van der Waals surface area (Å²) >= 11 is 0. The summed E-state index contributed by atoms with van der Waals surface area (Å²) in [5, 5.41) is 107.